The van der Waals surface area contributed by atoms with Crippen LogP contribution in [0.5, 0.6) is 0 Å². The van der Waals surface area contributed by atoms with Crippen molar-refractivity contribution in [1.29, 1.82) is 0 Å². The van der Waals surface area contributed by atoms with Gasteiger partial charge in [-0.1, -0.05) is 11.6 Å². The summed E-state index contributed by atoms with van der Waals surface area (Å²) in [6.45, 7) is 1.49. The highest BCUT2D eigenvalue weighted by Crippen LogP contribution is 2.25. The predicted molar refractivity (Wildman–Crippen MR) is 71.8 cm³/mol. The molecular weight excluding hydrogens is 300 g/mol. The zero-order valence-corrected chi connectivity index (χ0v) is 11.6. The van der Waals surface area contributed by atoms with Crippen LogP contribution in [-0.4, -0.2) is 21.3 Å². The van der Waals surface area contributed by atoms with Crippen molar-refractivity contribution < 1.29 is 14.7 Å². The van der Waals surface area contributed by atoms with E-state index >= 15 is 0 Å². The Labute approximate surface area is 119 Å². The molecule has 0 aliphatic carbocycles. The van der Waals surface area contributed by atoms with E-state index in [1.54, 1.807) is 0 Å². The Morgan fingerprint density at radius 2 is 2.00 bits per heavy atom. The first-order chi connectivity index (χ1) is 8.19. The summed E-state index contributed by atoms with van der Waals surface area (Å²) in [5.74, 6) is -1.59. The van der Waals surface area contributed by atoms with Gasteiger partial charge in [0, 0.05) is 5.69 Å². The number of nitrogens with one attached hydrogen (secondary N) is 1. The molecule has 0 aromatic heterocycles. The SMILES string of the molecule is CC(Cl)(Cl)CC(=O)Nc1ccc(Cl)c(C(=O)O)c1. The van der Waals surface area contributed by atoms with Gasteiger partial charge < -0.3 is 10.4 Å². The fraction of sp³-hybridized carbons (Fsp3) is 0.273. The molecule has 18 heavy (non-hydrogen) atoms. The van der Waals surface area contributed by atoms with Gasteiger partial charge in [0.15, 0.2) is 0 Å². The molecule has 0 heterocycles. The largest absolute Gasteiger partial charge is 0.478 e. The summed E-state index contributed by atoms with van der Waals surface area (Å²) in [6, 6.07) is 4.15. The van der Waals surface area contributed by atoms with E-state index in [0.717, 1.165) is 0 Å². The van der Waals surface area contributed by atoms with Crippen molar-refractivity contribution in [3.05, 3.63) is 28.8 Å². The van der Waals surface area contributed by atoms with E-state index in [1.165, 1.54) is 25.1 Å². The zero-order chi connectivity index (χ0) is 13.9. The van der Waals surface area contributed by atoms with Crippen molar-refractivity contribution in [3.63, 3.8) is 0 Å². The number of halogens is 3. The number of carboxylic acid groups (broad SMARTS) is 1. The predicted octanol–water partition coefficient (Wildman–Crippen LogP) is 3.56. The van der Waals surface area contributed by atoms with E-state index in [4.69, 9.17) is 39.9 Å². The Hall–Kier alpha value is -0.970. The number of carbonyl (C=O) groups excluding carboxylic acids is 1. The monoisotopic (exact) mass is 309 g/mol. The quantitative estimate of drug-likeness (QED) is 0.836. The Kier molecular flexibility index (Phi) is 4.85. The molecule has 0 saturated carbocycles. The number of rotatable bonds is 4. The van der Waals surface area contributed by atoms with Gasteiger partial charge in [0.2, 0.25) is 5.91 Å². The molecule has 0 bridgehead atoms. The summed E-state index contributed by atoms with van der Waals surface area (Å²) in [4.78, 5) is 22.4. The van der Waals surface area contributed by atoms with E-state index in [2.05, 4.69) is 5.32 Å². The summed E-state index contributed by atoms with van der Waals surface area (Å²) in [5, 5.41) is 11.5. The van der Waals surface area contributed by atoms with Crippen LogP contribution in [0, 0.1) is 0 Å². The molecule has 0 atom stereocenters. The number of benzene rings is 1. The van der Waals surface area contributed by atoms with E-state index < -0.39 is 16.2 Å². The van der Waals surface area contributed by atoms with Gasteiger partial charge in [0.05, 0.1) is 17.0 Å². The molecule has 0 aliphatic heterocycles. The minimum Gasteiger partial charge on any atom is -0.478 e. The van der Waals surface area contributed by atoms with Crippen LogP contribution >= 0.6 is 34.8 Å². The number of amides is 1. The van der Waals surface area contributed by atoms with Gasteiger partial charge in [0.25, 0.3) is 0 Å². The number of carbonyl (C=O) groups is 2. The van der Waals surface area contributed by atoms with Gasteiger partial charge in [-0.3, -0.25) is 4.79 Å². The molecule has 0 aliphatic rings. The van der Waals surface area contributed by atoms with Crippen molar-refractivity contribution in [1.82, 2.24) is 0 Å². The van der Waals surface area contributed by atoms with Crippen LogP contribution in [0.25, 0.3) is 0 Å². The molecule has 0 unspecified atom stereocenters. The summed E-state index contributed by atoms with van der Waals surface area (Å²) < 4.78 is -1.17. The molecule has 0 saturated heterocycles. The highest BCUT2D eigenvalue weighted by atomic mass is 35.5. The maximum absolute atomic E-state index is 11.5. The van der Waals surface area contributed by atoms with Crippen LogP contribution in [0.2, 0.25) is 5.02 Å². The fourth-order valence-electron chi connectivity index (χ4n) is 1.25. The third-order valence-corrected chi connectivity index (χ3v) is 2.55. The number of anilines is 1. The average molecular weight is 311 g/mol. The molecule has 0 radical (unpaired) electrons. The lowest BCUT2D eigenvalue weighted by Gasteiger charge is -2.13. The Bertz CT molecular complexity index is 483. The van der Waals surface area contributed by atoms with Crippen molar-refractivity contribution >= 4 is 52.4 Å². The third kappa shape index (κ3) is 4.72. The standard InChI is InChI=1S/C11H10Cl3NO3/c1-11(13,14)5-9(16)15-6-2-3-8(12)7(4-6)10(17)18/h2-4H,5H2,1H3,(H,15,16)(H,17,18). The Balaban J connectivity index is 2.83. The molecule has 1 aromatic rings. The van der Waals surface area contributed by atoms with Crippen molar-refractivity contribution in [2.24, 2.45) is 0 Å². The van der Waals surface area contributed by atoms with Gasteiger partial charge >= 0.3 is 5.97 Å². The molecular formula is C11H10Cl3NO3. The van der Waals surface area contributed by atoms with Crippen LogP contribution in [0.3, 0.4) is 0 Å². The van der Waals surface area contributed by atoms with E-state index in [1.807, 2.05) is 0 Å². The second kappa shape index (κ2) is 5.78. The van der Waals surface area contributed by atoms with Gasteiger partial charge in [0.1, 0.15) is 4.33 Å². The minimum absolute atomic E-state index is 0.0889. The lowest BCUT2D eigenvalue weighted by atomic mass is 10.2. The van der Waals surface area contributed by atoms with Crippen LogP contribution < -0.4 is 5.32 Å². The van der Waals surface area contributed by atoms with Crippen LogP contribution in [-0.2, 0) is 4.79 Å². The summed E-state index contributed by atoms with van der Waals surface area (Å²) >= 11 is 17.1. The normalized spacial score (nSPS) is 11.1. The number of hydrogen-bond acceptors (Lipinski definition) is 2. The average Bonchev–Trinajstić information content (AvgIpc) is 2.17. The lowest BCUT2D eigenvalue weighted by molar-refractivity contribution is -0.116. The molecule has 1 amide bonds. The molecule has 98 valence electrons. The van der Waals surface area contributed by atoms with Crippen LogP contribution in [0.1, 0.15) is 23.7 Å². The second-order valence-corrected chi connectivity index (χ2v) is 6.06. The first-order valence-electron chi connectivity index (χ1n) is 4.89. The van der Waals surface area contributed by atoms with Crippen molar-refractivity contribution in [3.8, 4) is 0 Å². The maximum Gasteiger partial charge on any atom is 0.337 e. The molecule has 4 nitrogen and oxygen atoms in total. The highest BCUT2D eigenvalue weighted by molar-refractivity contribution is 6.49. The van der Waals surface area contributed by atoms with E-state index in [0.29, 0.717) is 5.69 Å². The third-order valence-electron chi connectivity index (χ3n) is 1.95. The van der Waals surface area contributed by atoms with Gasteiger partial charge in [-0.05, 0) is 25.1 Å². The Morgan fingerprint density at radius 3 is 2.50 bits per heavy atom. The minimum atomic E-state index is -1.17. The topological polar surface area (TPSA) is 66.4 Å². The van der Waals surface area contributed by atoms with Crippen LogP contribution in [0.15, 0.2) is 18.2 Å². The second-order valence-electron chi connectivity index (χ2n) is 3.79. The molecule has 7 heteroatoms. The number of aromatic carboxylic acids is 1. The Morgan fingerprint density at radius 1 is 1.39 bits per heavy atom. The molecule has 0 spiro atoms. The van der Waals surface area contributed by atoms with Gasteiger partial charge in [-0.25, -0.2) is 4.79 Å². The maximum atomic E-state index is 11.5. The van der Waals surface area contributed by atoms with Crippen molar-refractivity contribution in [2.45, 2.75) is 17.7 Å². The highest BCUT2D eigenvalue weighted by Gasteiger charge is 2.21. The molecule has 0 fully saturated rings. The summed E-state index contributed by atoms with van der Waals surface area (Å²) in [6.07, 6.45) is -0.110. The first-order valence-corrected chi connectivity index (χ1v) is 6.03. The first kappa shape index (κ1) is 15.1. The molecule has 1 rings (SSSR count). The van der Waals surface area contributed by atoms with E-state index in [9.17, 15) is 9.59 Å². The lowest BCUT2D eigenvalue weighted by Crippen LogP contribution is -2.20. The number of hydrogen-bond donors (Lipinski definition) is 2. The van der Waals surface area contributed by atoms with Gasteiger partial charge in [-0.15, -0.1) is 23.2 Å². The van der Waals surface area contributed by atoms with Gasteiger partial charge in [-0.2, -0.15) is 0 Å². The molecule has 2 N–H and O–H groups in total. The summed E-state index contributed by atoms with van der Waals surface area (Å²) in [7, 11) is 0. The van der Waals surface area contributed by atoms with Crippen LogP contribution in [0.4, 0.5) is 5.69 Å². The number of alkyl halides is 2. The van der Waals surface area contributed by atoms with E-state index in [-0.39, 0.29) is 17.0 Å². The van der Waals surface area contributed by atoms with Crippen molar-refractivity contribution in [2.75, 3.05) is 5.32 Å². The molecule has 1 aromatic carbocycles. The zero-order valence-electron chi connectivity index (χ0n) is 9.34. The smallest absolute Gasteiger partial charge is 0.337 e. The fourth-order valence-corrected chi connectivity index (χ4v) is 1.70. The summed E-state index contributed by atoms with van der Waals surface area (Å²) in [5.41, 5.74) is 0.230. The number of carboxylic acids is 1.